The summed E-state index contributed by atoms with van der Waals surface area (Å²) in [6.45, 7) is 3.44. The zero-order chi connectivity index (χ0) is 22.1. The SMILES string of the molecule is CCOc1c(OC)cc(CNC(=NC)NCc2coc(-c3ccccc3)n2)cc1OC. The summed E-state index contributed by atoms with van der Waals surface area (Å²) >= 11 is 0. The highest BCUT2D eigenvalue weighted by atomic mass is 16.5. The van der Waals surface area contributed by atoms with Crippen LogP contribution < -0.4 is 24.8 Å². The van der Waals surface area contributed by atoms with Crippen molar-refractivity contribution >= 4 is 5.96 Å². The smallest absolute Gasteiger partial charge is 0.226 e. The zero-order valence-electron chi connectivity index (χ0n) is 18.3. The molecule has 0 aliphatic carbocycles. The molecule has 0 atom stereocenters. The molecule has 0 bridgehead atoms. The van der Waals surface area contributed by atoms with Crippen LogP contribution in [0.2, 0.25) is 0 Å². The Morgan fingerprint density at radius 2 is 1.71 bits per heavy atom. The second-order valence-corrected chi connectivity index (χ2v) is 6.55. The van der Waals surface area contributed by atoms with Gasteiger partial charge in [0.05, 0.1) is 33.1 Å². The Balaban J connectivity index is 1.60. The first-order chi connectivity index (χ1) is 15.2. The maximum Gasteiger partial charge on any atom is 0.226 e. The highest BCUT2D eigenvalue weighted by Gasteiger charge is 2.14. The van der Waals surface area contributed by atoms with Gasteiger partial charge in [0.2, 0.25) is 11.6 Å². The van der Waals surface area contributed by atoms with Crippen LogP contribution in [-0.2, 0) is 13.1 Å². The summed E-state index contributed by atoms with van der Waals surface area (Å²) in [6.07, 6.45) is 1.64. The van der Waals surface area contributed by atoms with Crippen molar-refractivity contribution in [2.45, 2.75) is 20.0 Å². The number of guanidine groups is 1. The number of methoxy groups -OCH3 is 2. The van der Waals surface area contributed by atoms with E-state index in [1.807, 2.05) is 49.4 Å². The van der Waals surface area contributed by atoms with Gasteiger partial charge in [0, 0.05) is 19.2 Å². The molecule has 0 aliphatic heterocycles. The monoisotopic (exact) mass is 424 g/mol. The van der Waals surface area contributed by atoms with Gasteiger partial charge in [0.15, 0.2) is 17.5 Å². The van der Waals surface area contributed by atoms with Gasteiger partial charge >= 0.3 is 0 Å². The summed E-state index contributed by atoms with van der Waals surface area (Å²) in [6, 6.07) is 13.6. The Hall–Kier alpha value is -3.68. The van der Waals surface area contributed by atoms with Gasteiger partial charge in [-0.1, -0.05) is 18.2 Å². The molecule has 8 heteroatoms. The summed E-state index contributed by atoms with van der Waals surface area (Å²) in [4.78, 5) is 8.78. The lowest BCUT2D eigenvalue weighted by Crippen LogP contribution is -2.36. The van der Waals surface area contributed by atoms with Crippen LogP contribution in [0.1, 0.15) is 18.2 Å². The lowest BCUT2D eigenvalue weighted by atomic mass is 10.2. The van der Waals surface area contributed by atoms with E-state index in [4.69, 9.17) is 18.6 Å². The first kappa shape index (κ1) is 22.0. The number of nitrogens with one attached hydrogen (secondary N) is 2. The fourth-order valence-electron chi connectivity index (χ4n) is 3.01. The van der Waals surface area contributed by atoms with Crippen molar-refractivity contribution < 1.29 is 18.6 Å². The molecular formula is C23H28N4O4. The average molecular weight is 425 g/mol. The van der Waals surface area contributed by atoms with Gasteiger partial charge in [0.1, 0.15) is 6.26 Å². The summed E-state index contributed by atoms with van der Waals surface area (Å²) in [5.74, 6) is 3.07. The van der Waals surface area contributed by atoms with Crippen LogP contribution in [0.4, 0.5) is 0 Å². The van der Waals surface area contributed by atoms with E-state index in [0.717, 1.165) is 16.8 Å². The normalized spacial score (nSPS) is 11.2. The molecule has 164 valence electrons. The van der Waals surface area contributed by atoms with Crippen molar-refractivity contribution in [3.8, 4) is 28.7 Å². The van der Waals surface area contributed by atoms with Crippen molar-refractivity contribution in [1.29, 1.82) is 0 Å². The minimum atomic E-state index is 0.478. The third-order valence-electron chi connectivity index (χ3n) is 4.50. The van der Waals surface area contributed by atoms with Crippen molar-refractivity contribution in [3.05, 3.63) is 60.0 Å². The quantitative estimate of drug-likeness (QED) is 0.400. The van der Waals surface area contributed by atoms with E-state index in [0.29, 0.717) is 48.8 Å². The molecular weight excluding hydrogens is 396 g/mol. The molecule has 0 amide bonds. The highest BCUT2D eigenvalue weighted by Crippen LogP contribution is 2.38. The number of aromatic nitrogens is 1. The average Bonchev–Trinajstić information content (AvgIpc) is 3.29. The molecule has 0 radical (unpaired) electrons. The minimum absolute atomic E-state index is 0.478. The molecule has 3 rings (SSSR count). The van der Waals surface area contributed by atoms with Gasteiger partial charge in [-0.25, -0.2) is 4.98 Å². The molecule has 0 aliphatic rings. The van der Waals surface area contributed by atoms with Gasteiger partial charge in [-0.3, -0.25) is 4.99 Å². The third kappa shape index (κ3) is 5.69. The topological polar surface area (TPSA) is 90.1 Å². The maximum absolute atomic E-state index is 5.65. The van der Waals surface area contributed by atoms with E-state index >= 15 is 0 Å². The summed E-state index contributed by atoms with van der Waals surface area (Å²) in [5.41, 5.74) is 2.69. The van der Waals surface area contributed by atoms with Gasteiger partial charge in [-0.05, 0) is 36.8 Å². The van der Waals surface area contributed by atoms with Crippen molar-refractivity contribution in [3.63, 3.8) is 0 Å². The number of hydrogen-bond donors (Lipinski definition) is 2. The van der Waals surface area contributed by atoms with Crippen LogP contribution in [0.15, 0.2) is 58.1 Å². The minimum Gasteiger partial charge on any atom is -0.493 e. The number of aliphatic imine (C=N–C) groups is 1. The van der Waals surface area contributed by atoms with Gasteiger partial charge < -0.3 is 29.3 Å². The Labute approximate surface area is 182 Å². The lowest BCUT2D eigenvalue weighted by molar-refractivity contribution is 0.288. The van der Waals surface area contributed by atoms with E-state index in [1.165, 1.54) is 0 Å². The third-order valence-corrected chi connectivity index (χ3v) is 4.50. The molecule has 0 unspecified atom stereocenters. The molecule has 0 fully saturated rings. The Kier molecular flexibility index (Phi) is 7.75. The van der Waals surface area contributed by atoms with Crippen LogP contribution in [-0.4, -0.2) is 38.8 Å². The van der Waals surface area contributed by atoms with Crippen LogP contribution in [0.25, 0.3) is 11.5 Å². The van der Waals surface area contributed by atoms with E-state index in [2.05, 4.69) is 20.6 Å². The Morgan fingerprint density at radius 3 is 2.32 bits per heavy atom. The van der Waals surface area contributed by atoms with Crippen LogP contribution in [0.3, 0.4) is 0 Å². The van der Waals surface area contributed by atoms with Crippen molar-refractivity contribution in [2.75, 3.05) is 27.9 Å². The Morgan fingerprint density at radius 1 is 1.03 bits per heavy atom. The predicted molar refractivity (Wildman–Crippen MR) is 120 cm³/mol. The first-order valence-corrected chi connectivity index (χ1v) is 10.0. The molecule has 0 saturated carbocycles. The number of oxazole rings is 1. The van der Waals surface area contributed by atoms with Crippen LogP contribution >= 0.6 is 0 Å². The van der Waals surface area contributed by atoms with Gasteiger partial charge in [-0.2, -0.15) is 0 Å². The Bertz CT molecular complexity index is 977. The number of rotatable bonds is 9. The van der Waals surface area contributed by atoms with E-state index < -0.39 is 0 Å². The predicted octanol–water partition coefficient (Wildman–Crippen LogP) is 3.62. The molecule has 31 heavy (non-hydrogen) atoms. The first-order valence-electron chi connectivity index (χ1n) is 10.0. The molecule has 0 spiro atoms. The molecule has 2 aromatic carbocycles. The maximum atomic E-state index is 5.65. The van der Waals surface area contributed by atoms with E-state index in [-0.39, 0.29) is 0 Å². The summed E-state index contributed by atoms with van der Waals surface area (Å²) in [5, 5.41) is 6.52. The number of hydrogen-bond acceptors (Lipinski definition) is 6. The largest absolute Gasteiger partial charge is 0.493 e. The molecule has 2 N–H and O–H groups in total. The number of benzene rings is 2. The van der Waals surface area contributed by atoms with Gasteiger partial charge in [-0.15, -0.1) is 0 Å². The molecule has 3 aromatic rings. The number of nitrogens with zero attached hydrogens (tertiary/aromatic N) is 2. The molecule has 1 heterocycles. The van der Waals surface area contributed by atoms with Crippen molar-refractivity contribution in [2.24, 2.45) is 4.99 Å². The number of ether oxygens (including phenoxy) is 3. The standard InChI is InChI=1S/C23H28N4O4/c1-5-30-21-19(28-3)11-16(12-20(21)29-4)13-25-23(24-2)26-14-18-15-31-22(27-18)17-9-7-6-8-10-17/h6-12,15H,5,13-14H2,1-4H3,(H2,24,25,26). The second-order valence-electron chi connectivity index (χ2n) is 6.55. The molecule has 8 nitrogen and oxygen atoms in total. The highest BCUT2D eigenvalue weighted by molar-refractivity contribution is 5.79. The fourth-order valence-corrected chi connectivity index (χ4v) is 3.01. The zero-order valence-corrected chi connectivity index (χ0v) is 18.3. The fraction of sp³-hybridized carbons (Fsp3) is 0.304. The van der Waals surface area contributed by atoms with Crippen LogP contribution in [0, 0.1) is 0 Å². The van der Waals surface area contributed by atoms with Crippen LogP contribution in [0.5, 0.6) is 17.2 Å². The molecule has 0 saturated heterocycles. The van der Waals surface area contributed by atoms with Gasteiger partial charge in [0.25, 0.3) is 0 Å². The van der Waals surface area contributed by atoms with E-state index in [9.17, 15) is 0 Å². The molecule has 1 aromatic heterocycles. The van der Waals surface area contributed by atoms with Crippen molar-refractivity contribution in [1.82, 2.24) is 15.6 Å². The second kappa shape index (κ2) is 10.9. The summed E-state index contributed by atoms with van der Waals surface area (Å²) in [7, 11) is 4.93. The summed E-state index contributed by atoms with van der Waals surface area (Å²) < 4.78 is 22.1. The van der Waals surface area contributed by atoms with E-state index in [1.54, 1.807) is 27.5 Å². The lowest BCUT2D eigenvalue weighted by Gasteiger charge is -2.16.